The van der Waals surface area contributed by atoms with E-state index in [9.17, 15) is 9.59 Å². The Balaban J connectivity index is 1.68. The van der Waals surface area contributed by atoms with Crippen molar-refractivity contribution >= 4 is 22.8 Å². The van der Waals surface area contributed by atoms with Gasteiger partial charge in [0.05, 0.1) is 24.8 Å². The summed E-state index contributed by atoms with van der Waals surface area (Å²) in [5, 5.41) is 0.626. The summed E-state index contributed by atoms with van der Waals surface area (Å²) in [6.45, 7) is 3.63. The molecule has 0 amide bonds. The molecule has 4 rings (SSSR count). The van der Waals surface area contributed by atoms with Crippen LogP contribution in [-0.2, 0) is 9.53 Å². The van der Waals surface area contributed by atoms with Crippen LogP contribution in [0.3, 0.4) is 0 Å². The molecule has 34 heavy (non-hydrogen) atoms. The molecule has 0 bridgehead atoms. The highest BCUT2D eigenvalue weighted by Gasteiger charge is 2.23. The van der Waals surface area contributed by atoms with Gasteiger partial charge in [-0.1, -0.05) is 18.2 Å². The molecule has 0 fully saturated rings. The van der Waals surface area contributed by atoms with Crippen LogP contribution in [0.5, 0.6) is 17.2 Å². The molecule has 0 radical (unpaired) electrons. The zero-order valence-electron chi connectivity index (χ0n) is 19.2. The number of aromatic nitrogens is 1. The van der Waals surface area contributed by atoms with Crippen LogP contribution < -0.4 is 14.2 Å². The van der Waals surface area contributed by atoms with Crippen molar-refractivity contribution in [1.82, 2.24) is 4.57 Å². The molecule has 7 heteroatoms. The monoisotopic (exact) mass is 459 g/mol. The van der Waals surface area contributed by atoms with Crippen molar-refractivity contribution in [2.75, 3.05) is 20.3 Å². The number of hydrogen-bond acceptors (Lipinski definition) is 6. The first-order chi connectivity index (χ1) is 16.5. The van der Waals surface area contributed by atoms with E-state index in [2.05, 4.69) is 0 Å². The second-order valence-electron chi connectivity index (χ2n) is 7.47. The molecule has 0 aliphatic heterocycles. The van der Waals surface area contributed by atoms with E-state index in [1.54, 1.807) is 38.3 Å². The van der Waals surface area contributed by atoms with Crippen LogP contribution in [0.25, 0.3) is 16.6 Å². The Kier molecular flexibility index (Phi) is 6.82. The van der Waals surface area contributed by atoms with Crippen molar-refractivity contribution in [1.29, 1.82) is 0 Å². The molecule has 0 aliphatic rings. The van der Waals surface area contributed by atoms with Crippen molar-refractivity contribution < 1.29 is 28.5 Å². The summed E-state index contributed by atoms with van der Waals surface area (Å²) < 4.78 is 23.5. The number of fused-ring (bicyclic) bond motifs is 1. The Labute approximate surface area is 197 Å². The molecule has 0 N–H and O–H groups in total. The van der Waals surface area contributed by atoms with Crippen molar-refractivity contribution in [2.24, 2.45) is 0 Å². The molecular weight excluding hydrogens is 434 g/mol. The molecule has 174 valence electrons. The van der Waals surface area contributed by atoms with E-state index in [1.807, 2.05) is 60.0 Å². The van der Waals surface area contributed by atoms with Crippen LogP contribution in [-0.4, -0.2) is 36.8 Å². The molecule has 1 aromatic heterocycles. The largest absolute Gasteiger partial charge is 0.497 e. The summed E-state index contributed by atoms with van der Waals surface area (Å²) in [6, 6.07) is 21.7. The molecular formula is C27H25NO6. The van der Waals surface area contributed by atoms with Crippen LogP contribution in [0.4, 0.5) is 0 Å². The van der Waals surface area contributed by atoms with Crippen LogP contribution >= 0.6 is 0 Å². The van der Waals surface area contributed by atoms with Crippen LogP contribution in [0, 0.1) is 6.92 Å². The summed E-state index contributed by atoms with van der Waals surface area (Å²) in [5.41, 5.74) is 2.78. The van der Waals surface area contributed by atoms with Gasteiger partial charge in [-0.05, 0) is 68.4 Å². The zero-order valence-corrected chi connectivity index (χ0v) is 19.2. The van der Waals surface area contributed by atoms with E-state index in [1.165, 1.54) is 0 Å². The number of hydrogen-bond donors (Lipinski definition) is 0. The molecule has 0 aliphatic carbocycles. The van der Waals surface area contributed by atoms with E-state index < -0.39 is 11.9 Å². The lowest BCUT2D eigenvalue weighted by Gasteiger charge is -2.10. The Hall–Kier alpha value is -4.26. The number of rotatable bonds is 8. The van der Waals surface area contributed by atoms with Gasteiger partial charge in [-0.15, -0.1) is 0 Å². The fourth-order valence-electron chi connectivity index (χ4n) is 3.81. The van der Waals surface area contributed by atoms with Crippen molar-refractivity contribution in [2.45, 2.75) is 13.8 Å². The molecule has 1 heterocycles. The minimum atomic E-state index is -0.549. The molecule has 0 saturated carbocycles. The molecule has 4 aromatic rings. The van der Waals surface area contributed by atoms with Crippen molar-refractivity contribution in [3.63, 3.8) is 0 Å². The predicted molar refractivity (Wildman–Crippen MR) is 128 cm³/mol. The number of benzene rings is 3. The lowest BCUT2D eigenvalue weighted by atomic mass is 10.1. The van der Waals surface area contributed by atoms with Gasteiger partial charge in [-0.2, -0.15) is 0 Å². The average molecular weight is 459 g/mol. The fraction of sp³-hybridized carbons (Fsp3) is 0.185. The zero-order chi connectivity index (χ0) is 24.1. The maximum atomic E-state index is 12.8. The van der Waals surface area contributed by atoms with Gasteiger partial charge in [-0.3, -0.25) is 0 Å². The normalized spacial score (nSPS) is 10.7. The number of carbonyl (C=O) groups is 2. The lowest BCUT2D eigenvalue weighted by molar-refractivity contribution is -0.136. The first-order valence-corrected chi connectivity index (χ1v) is 10.9. The molecule has 0 spiro atoms. The second kappa shape index (κ2) is 10.1. The van der Waals surface area contributed by atoms with Gasteiger partial charge >= 0.3 is 11.9 Å². The Bertz CT molecular complexity index is 1310. The van der Waals surface area contributed by atoms with E-state index in [4.69, 9.17) is 18.9 Å². The molecule has 7 nitrogen and oxygen atoms in total. The smallest absolute Gasteiger partial charge is 0.349 e. The van der Waals surface area contributed by atoms with Gasteiger partial charge in [0.15, 0.2) is 6.61 Å². The lowest BCUT2D eigenvalue weighted by Crippen LogP contribution is -2.17. The number of esters is 2. The van der Waals surface area contributed by atoms with E-state index in [0.29, 0.717) is 22.4 Å². The average Bonchev–Trinajstić information content (AvgIpc) is 3.14. The number of para-hydroxylation sites is 1. The molecule has 0 atom stereocenters. The van der Waals surface area contributed by atoms with E-state index in [-0.39, 0.29) is 13.2 Å². The first kappa shape index (κ1) is 22.9. The first-order valence-electron chi connectivity index (χ1n) is 10.9. The summed E-state index contributed by atoms with van der Waals surface area (Å²) >= 11 is 0. The maximum Gasteiger partial charge on any atom is 0.349 e. The summed E-state index contributed by atoms with van der Waals surface area (Å²) in [4.78, 5) is 25.2. The standard InChI is InChI=1S/C27H25NO6/c1-4-32-27(30)26-18(2)28(19-10-12-20(31-3)13-11-19)24-15-14-22(16-23(24)26)34-25(29)17-33-21-8-6-5-7-9-21/h5-16H,4,17H2,1-3H3. The molecule has 0 saturated heterocycles. The van der Waals surface area contributed by atoms with Crippen molar-refractivity contribution in [3.8, 4) is 22.9 Å². The van der Waals surface area contributed by atoms with Gasteiger partial charge in [-0.25, -0.2) is 9.59 Å². The number of methoxy groups -OCH3 is 1. The van der Waals surface area contributed by atoms with Crippen LogP contribution in [0.15, 0.2) is 72.8 Å². The topological polar surface area (TPSA) is 76.0 Å². The van der Waals surface area contributed by atoms with E-state index in [0.717, 1.165) is 22.6 Å². The van der Waals surface area contributed by atoms with Crippen LogP contribution in [0.2, 0.25) is 0 Å². The van der Waals surface area contributed by atoms with Crippen LogP contribution in [0.1, 0.15) is 23.0 Å². The molecule has 3 aromatic carbocycles. The number of carbonyl (C=O) groups excluding carboxylic acids is 2. The Morgan fingerprint density at radius 3 is 2.26 bits per heavy atom. The highest BCUT2D eigenvalue weighted by Crippen LogP contribution is 2.33. The van der Waals surface area contributed by atoms with Gasteiger partial charge in [0.2, 0.25) is 0 Å². The Morgan fingerprint density at radius 2 is 1.59 bits per heavy atom. The van der Waals surface area contributed by atoms with Gasteiger partial charge in [0.1, 0.15) is 17.2 Å². The number of ether oxygens (including phenoxy) is 4. The minimum absolute atomic E-state index is 0.237. The highest BCUT2D eigenvalue weighted by atomic mass is 16.6. The predicted octanol–water partition coefficient (Wildman–Crippen LogP) is 5.11. The van der Waals surface area contributed by atoms with E-state index >= 15 is 0 Å². The van der Waals surface area contributed by atoms with Crippen molar-refractivity contribution in [3.05, 3.63) is 84.1 Å². The SMILES string of the molecule is CCOC(=O)c1c(C)n(-c2ccc(OC)cc2)c2ccc(OC(=O)COc3ccccc3)cc12. The molecule has 0 unspecified atom stereocenters. The number of nitrogens with zero attached hydrogens (tertiary/aromatic N) is 1. The fourth-order valence-corrected chi connectivity index (χ4v) is 3.81. The third-order valence-corrected chi connectivity index (χ3v) is 5.32. The van der Waals surface area contributed by atoms with Gasteiger partial charge in [0, 0.05) is 16.8 Å². The quantitative estimate of drug-likeness (QED) is 0.269. The highest BCUT2D eigenvalue weighted by molar-refractivity contribution is 6.07. The minimum Gasteiger partial charge on any atom is -0.497 e. The third kappa shape index (κ3) is 4.73. The second-order valence-corrected chi connectivity index (χ2v) is 7.47. The summed E-state index contributed by atoms with van der Waals surface area (Å²) in [5.74, 6) is 0.633. The van der Waals surface area contributed by atoms with Gasteiger partial charge < -0.3 is 23.5 Å². The summed E-state index contributed by atoms with van der Waals surface area (Å²) in [6.07, 6.45) is 0. The third-order valence-electron chi connectivity index (χ3n) is 5.32. The summed E-state index contributed by atoms with van der Waals surface area (Å²) in [7, 11) is 1.61. The Morgan fingerprint density at radius 1 is 0.882 bits per heavy atom. The van der Waals surface area contributed by atoms with Gasteiger partial charge in [0.25, 0.3) is 0 Å². The maximum absolute atomic E-state index is 12.8.